The van der Waals surface area contributed by atoms with Gasteiger partial charge in [0.1, 0.15) is 11.7 Å². The van der Waals surface area contributed by atoms with Gasteiger partial charge in [0.2, 0.25) is 0 Å². The van der Waals surface area contributed by atoms with Crippen LogP contribution in [0.5, 0.6) is 0 Å². The van der Waals surface area contributed by atoms with E-state index in [9.17, 15) is 14.4 Å². The Kier molecular flexibility index (Phi) is 4.18. The second-order valence-corrected chi connectivity index (χ2v) is 5.23. The van der Waals surface area contributed by atoms with Gasteiger partial charge < -0.3 is 0 Å². The SMILES string of the molecule is Cc1ccc(C(C#N)C(=O)c2ccc(F)cc2C)cc1C. The third-order valence-corrected chi connectivity index (χ3v) is 3.71. The molecule has 2 nitrogen and oxygen atoms in total. The number of ketones is 1. The number of Topliss-reactive ketones (excluding diaryl/α,β-unsaturated/α-hetero) is 1. The van der Waals surface area contributed by atoms with Crippen LogP contribution in [0.25, 0.3) is 0 Å². The van der Waals surface area contributed by atoms with Crippen molar-refractivity contribution in [3.63, 3.8) is 0 Å². The molecule has 0 radical (unpaired) electrons. The van der Waals surface area contributed by atoms with E-state index in [2.05, 4.69) is 6.07 Å². The Morgan fingerprint density at radius 2 is 1.76 bits per heavy atom. The van der Waals surface area contributed by atoms with E-state index < -0.39 is 5.92 Å². The summed E-state index contributed by atoms with van der Waals surface area (Å²) in [5.41, 5.74) is 3.76. The van der Waals surface area contributed by atoms with Crippen molar-refractivity contribution in [2.75, 3.05) is 0 Å². The summed E-state index contributed by atoms with van der Waals surface area (Å²) in [5, 5.41) is 9.37. The summed E-state index contributed by atoms with van der Waals surface area (Å²) in [4.78, 5) is 12.6. The molecule has 1 unspecified atom stereocenters. The minimum absolute atomic E-state index is 0.293. The van der Waals surface area contributed by atoms with Crippen LogP contribution in [0, 0.1) is 37.9 Å². The Bertz CT molecular complexity index is 743. The third kappa shape index (κ3) is 3.00. The molecule has 0 saturated carbocycles. The van der Waals surface area contributed by atoms with Gasteiger partial charge in [0.05, 0.1) is 6.07 Å². The molecule has 0 amide bonds. The molecule has 0 saturated heterocycles. The predicted molar refractivity (Wildman–Crippen MR) is 79.7 cm³/mol. The van der Waals surface area contributed by atoms with Crippen LogP contribution in [0.4, 0.5) is 4.39 Å². The molecule has 106 valence electrons. The number of hydrogen-bond donors (Lipinski definition) is 0. The van der Waals surface area contributed by atoms with Gasteiger partial charge in [-0.2, -0.15) is 5.26 Å². The van der Waals surface area contributed by atoms with Crippen LogP contribution >= 0.6 is 0 Å². The number of rotatable bonds is 3. The number of benzene rings is 2. The van der Waals surface area contributed by atoms with Crippen LogP contribution in [0.2, 0.25) is 0 Å². The van der Waals surface area contributed by atoms with E-state index in [1.54, 1.807) is 13.0 Å². The quantitative estimate of drug-likeness (QED) is 0.789. The Morgan fingerprint density at radius 1 is 1.05 bits per heavy atom. The first-order valence-electron chi connectivity index (χ1n) is 6.71. The molecular formula is C18H16FNO. The van der Waals surface area contributed by atoms with Gasteiger partial charge in [-0.25, -0.2) is 4.39 Å². The first kappa shape index (κ1) is 14.9. The first-order chi connectivity index (χ1) is 9.93. The molecule has 0 fully saturated rings. The number of nitrogens with zero attached hydrogens (tertiary/aromatic N) is 1. The standard InChI is InChI=1S/C18H16FNO/c1-11-4-5-14(8-12(11)2)17(10-20)18(21)16-7-6-15(19)9-13(16)3/h4-9,17H,1-3H3. The average Bonchev–Trinajstić information content (AvgIpc) is 2.43. The van der Waals surface area contributed by atoms with Gasteiger partial charge >= 0.3 is 0 Å². The van der Waals surface area contributed by atoms with Crippen LogP contribution in [-0.4, -0.2) is 5.78 Å². The first-order valence-corrected chi connectivity index (χ1v) is 6.71. The fourth-order valence-corrected chi connectivity index (χ4v) is 2.29. The summed E-state index contributed by atoms with van der Waals surface area (Å²) in [6, 6.07) is 11.6. The maximum absolute atomic E-state index is 13.1. The van der Waals surface area contributed by atoms with E-state index in [0.29, 0.717) is 16.7 Å². The van der Waals surface area contributed by atoms with Crippen molar-refractivity contribution >= 4 is 5.78 Å². The Labute approximate surface area is 123 Å². The van der Waals surface area contributed by atoms with E-state index in [1.807, 2.05) is 26.0 Å². The maximum Gasteiger partial charge on any atom is 0.184 e. The van der Waals surface area contributed by atoms with Crippen LogP contribution < -0.4 is 0 Å². The average molecular weight is 281 g/mol. The fourth-order valence-electron chi connectivity index (χ4n) is 2.29. The maximum atomic E-state index is 13.1. The zero-order valence-electron chi connectivity index (χ0n) is 12.3. The highest BCUT2D eigenvalue weighted by Gasteiger charge is 2.23. The van der Waals surface area contributed by atoms with Gasteiger partial charge in [0.15, 0.2) is 5.78 Å². The number of carbonyl (C=O) groups excluding carboxylic acids is 1. The summed E-state index contributed by atoms with van der Waals surface area (Å²) >= 11 is 0. The molecule has 0 N–H and O–H groups in total. The minimum Gasteiger partial charge on any atom is -0.292 e. The van der Waals surface area contributed by atoms with Crippen LogP contribution in [0.15, 0.2) is 36.4 Å². The zero-order valence-corrected chi connectivity index (χ0v) is 12.3. The van der Waals surface area contributed by atoms with Gasteiger partial charge in [0, 0.05) is 5.56 Å². The van der Waals surface area contributed by atoms with Crippen LogP contribution in [-0.2, 0) is 0 Å². The molecular weight excluding hydrogens is 265 g/mol. The second kappa shape index (κ2) is 5.88. The molecule has 2 aromatic rings. The van der Waals surface area contributed by atoms with Crippen molar-refractivity contribution in [2.24, 2.45) is 0 Å². The van der Waals surface area contributed by atoms with E-state index in [-0.39, 0.29) is 11.6 Å². The molecule has 0 aromatic heterocycles. The van der Waals surface area contributed by atoms with Gasteiger partial charge in [-0.15, -0.1) is 0 Å². The monoisotopic (exact) mass is 281 g/mol. The van der Waals surface area contributed by atoms with Gasteiger partial charge in [0.25, 0.3) is 0 Å². The summed E-state index contributed by atoms with van der Waals surface area (Å²) in [7, 11) is 0. The Balaban J connectivity index is 2.43. The van der Waals surface area contributed by atoms with Gasteiger partial charge in [-0.05, 0) is 61.2 Å². The van der Waals surface area contributed by atoms with Crippen molar-refractivity contribution in [3.05, 3.63) is 70.0 Å². The fraction of sp³-hybridized carbons (Fsp3) is 0.222. The highest BCUT2D eigenvalue weighted by Crippen LogP contribution is 2.24. The van der Waals surface area contributed by atoms with E-state index in [0.717, 1.165) is 11.1 Å². The smallest absolute Gasteiger partial charge is 0.184 e. The number of carbonyl (C=O) groups is 1. The summed E-state index contributed by atoms with van der Waals surface area (Å²) in [5.74, 6) is -1.55. The van der Waals surface area contributed by atoms with Crippen LogP contribution in [0.3, 0.4) is 0 Å². The highest BCUT2D eigenvalue weighted by atomic mass is 19.1. The summed E-state index contributed by atoms with van der Waals surface area (Å²) in [6.45, 7) is 5.60. The number of aryl methyl sites for hydroxylation is 3. The minimum atomic E-state index is -0.867. The lowest BCUT2D eigenvalue weighted by molar-refractivity contribution is 0.0978. The summed E-state index contributed by atoms with van der Waals surface area (Å²) in [6.07, 6.45) is 0. The number of nitriles is 1. The van der Waals surface area contributed by atoms with Crippen molar-refractivity contribution < 1.29 is 9.18 Å². The molecule has 0 aliphatic rings. The van der Waals surface area contributed by atoms with Crippen molar-refractivity contribution in [3.8, 4) is 6.07 Å². The molecule has 0 spiro atoms. The number of halogens is 1. The lowest BCUT2D eigenvalue weighted by atomic mass is 9.88. The predicted octanol–water partition coefficient (Wildman–Crippen LogP) is 4.24. The van der Waals surface area contributed by atoms with Crippen molar-refractivity contribution in [1.29, 1.82) is 5.26 Å². The molecule has 0 aliphatic heterocycles. The molecule has 21 heavy (non-hydrogen) atoms. The lowest BCUT2D eigenvalue weighted by Gasteiger charge is -2.12. The molecule has 2 aromatic carbocycles. The van der Waals surface area contributed by atoms with E-state index in [4.69, 9.17) is 0 Å². The van der Waals surface area contributed by atoms with Crippen LogP contribution in [0.1, 0.15) is 38.5 Å². The molecule has 0 heterocycles. The van der Waals surface area contributed by atoms with Crippen molar-refractivity contribution in [2.45, 2.75) is 26.7 Å². The van der Waals surface area contributed by atoms with Gasteiger partial charge in [-0.3, -0.25) is 4.79 Å². The molecule has 1 atom stereocenters. The van der Waals surface area contributed by atoms with E-state index >= 15 is 0 Å². The zero-order chi connectivity index (χ0) is 15.6. The topological polar surface area (TPSA) is 40.9 Å². The Hall–Kier alpha value is -2.47. The molecule has 0 aliphatic carbocycles. The summed E-state index contributed by atoms with van der Waals surface area (Å²) < 4.78 is 13.1. The second-order valence-electron chi connectivity index (χ2n) is 5.23. The lowest BCUT2D eigenvalue weighted by Crippen LogP contribution is -2.13. The molecule has 2 rings (SSSR count). The largest absolute Gasteiger partial charge is 0.292 e. The molecule has 3 heteroatoms. The van der Waals surface area contributed by atoms with Gasteiger partial charge in [-0.1, -0.05) is 18.2 Å². The van der Waals surface area contributed by atoms with Crippen molar-refractivity contribution in [1.82, 2.24) is 0 Å². The normalized spacial score (nSPS) is 11.8. The molecule has 0 bridgehead atoms. The number of hydrogen-bond acceptors (Lipinski definition) is 2. The highest BCUT2D eigenvalue weighted by molar-refractivity contribution is 6.03. The third-order valence-electron chi connectivity index (χ3n) is 3.71. The Morgan fingerprint density at radius 3 is 2.33 bits per heavy atom. The van der Waals surface area contributed by atoms with E-state index in [1.165, 1.54) is 18.2 Å².